The number of aliphatic carboxylic acids is 1. The Morgan fingerprint density at radius 2 is 1.87 bits per heavy atom. The van der Waals surface area contributed by atoms with Crippen molar-refractivity contribution in [3.8, 4) is 40.0 Å². The number of fused-ring (bicyclic) bond motifs is 5. The number of ether oxygens (including phenoxy) is 5. The minimum Gasteiger partial charge on any atom is -0.493 e. The number of hydrogen-bond acceptors (Lipinski definition) is 6. The van der Waals surface area contributed by atoms with Gasteiger partial charge in [-0.05, 0) is 52.9 Å². The molecular weight excluding hydrogens is 486 g/mol. The highest BCUT2D eigenvalue weighted by Crippen LogP contribution is 2.41. The van der Waals surface area contributed by atoms with Crippen molar-refractivity contribution in [2.24, 2.45) is 0 Å². The third kappa shape index (κ3) is 4.65. The third-order valence-corrected chi connectivity index (χ3v) is 6.85. The first-order valence-corrected chi connectivity index (χ1v) is 12.6. The summed E-state index contributed by atoms with van der Waals surface area (Å²) in [6.45, 7) is 2.00. The standard InChI is InChI=1S/C30H27NO7/c1-34-26-7-6-20-14-25-23-16-28-27(37-18-38-28)15-21(23)8-9-31(25)17-24(20)30(26)36-11-3-10-35-22-5-2-4-19(12-22)13-29(32)33/h2,4-7,12,14-17H,3,8-11,13,18H2,1H3/p+1. The Morgan fingerprint density at radius 3 is 2.71 bits per heavy atom. The molecule has 2 aliphatic heterocycles. The molecule has 8 heteroatoms. The molecular formula is C30H28NO7+. The average molecular weight is 515 g/mol. The average Bonchev–Trinajstić information content (AvgIpc) is 3.38. The monoisotopic (exact) mass is 514 g/mol. The van der Waals surface area contributed by atoms with E-state index in [0.717, 1.165) is 46.5 Å². The first kappa shape index (κ1) is 23.9. The van der Waals surface area contributed by atoms with Gasteiger partial charge in [0.1, 0.15) is 5.75 Å². The molecule has 0 amide bonds. The molecule has 2 aliphatic rings. The first-order valence-electron chi connectivity index (χ1n) is 12.6. The Hall–Kier alpha value is -4.46. The Kier molecular flexibility index (Phi) is 6.37. The highest BCUT2D eigenvalue weighted by atomic mass is 16.7. The molecule has 3 aromatic carbocycles. The van der Waals surface area contributed by atoms with Gasteiger partial charge >= 0.3 is 5.97 Å². The van der Waals surface area contributed by atoms with Crippen LogP contribution >= 0.6 is 0 Å². The van der Waals surface area contributed by atoms with Crippen molar-refractivity contribution in [1.29, 1.82) is 0 Å². The molecule has 0 atom stereocenters. The molecule has 3 heterocycles. The summed E-state index contributed by atoms with van der Waals surface area (Å²) < 4.78 is 31.2. The zero-order chi connectivity index (χ0) is 26.1. The summed E-state index contributed by atoms with van der Waals surface area (Å²) in [6.07, 6.45) is 3.67. The number of methoxy groups -OCH3 is 1. The van der Waals surface area contributed by atoms with E-state index in [2.05, 4.69) is 35.0 Å². The fourth-order valence-electron chi connectivity index (χ4n) is 5.05. The van der Waals surface area contributed by atoms with Gasteiger partial charge in [-0.3, -0.25) is 4.79 Å². The van der Waals surface area contributed by atoms with Crippen LogP contribution in [0, 0.1) is 0 Å². The quantitative estimate of drug-likeness (QED) is 0.259. The Labute approximate surface area is 219 Å². The van der Waals surface area contributed by atoms with Crippen LogP contribution in [-0.4, -0.2) is 38.2 Å². The number of aryl methyl sites for hydroxylation is 2. The van der Waals surface area contributed by atoms with E-state index in [-0.39, 0.29) is 13.2 Å². The van der Waals surface area contributed by atoms with Crippen LogP contribution in [0.5, 0.6) is 28.7 Å². The second kappa shape index (κ2) is 10.1. The second-order valence-electron chi connectivity index (χ2n) is 9.33. The fourth-order valence-corrected chi connectivity index (χ4v) is 5.05. The van der Waals surface area contributed by atoms with Crippen molar-refractivity contribution < 1.29 is 38.2 Å². The predicted molar refractivity (Wildman–Crippen MR) is 139 cm³/mol. The molecule has 0 radical (unpaired) electrons. The highest BCUT2D eigenvalue weighted by Gasteiger charge is 2.28. The fraction of sp³-hybridized carbons (Fsp3) is 0.267. The topological polar surface area (TPSA) is 87.3 Å². The van der Waals surface area contributed by atoms with Crippen molar-refractivity contribution in [1.82, 2.24) is 0 Å². The molecule has 0 unspecified atom stereocenters. The van der Waals surface area contributed by atoms with Gasteiger partial charge in [0, 0.05) is 18.9 Å². The maximum Gasteiger partial charge on any atom is 0.307 e. The first-order chi connectivity index (χ1) is 18.6. The summed E-state index contributed by atoms with van der Waals surface area (Å²) in [7, 11) is 1.64. The van der Waals surface area contributed by atoms with Gasteiger partial charge < -0.3 is 28.8 Å². The van der Waals surface area contributed by atoms with E-state index in [0.29, 0.717) is 42.4 Å². The third-order valence-electron chi connectivity index (χ3n) is 6.85. The van der Waals surface area contributed by atoms with Crippen molar-refractivity contribution >= 4 is 16.7 Å². The number of pyridine rings is 1. The number of nitrogens with zero attached hydrogens (tertiary/aromatic N) is 1. The molecule has 1 N–H and O–H groups in total. The predicted octanol–water partition coefficient (Wildman–Crippen LogP) is 4.56. The van der Waals surface area contributed by atoms with Crippen molar-refractivity contribution in [3.63, 3.8) is 0 Å². The number of benzene rings is 3. The van der Waals surface area contributed by atoms with E-state index < -0.39 is 5.97 Å². The molecule has 8 nitrogen and oxygen atoms in total. The van der Waals surface area contributed by atoms with Gasteiger partial charge in [0.2, 0.25) is 12.5 Å². The van der Waals surface area contributed by atoms with Crippen molar-refractivity contribution in [2.75, 3.05) is 27.1 Å². The number of rotatable bonds is 9. The summed E-state index contributed by atoms with van der Waals surface area (Å²) in [5, 5.41) is 11.0. The maximum atomic E-state index is 11.0. The minimum absolute atomic E-state index is 0.0289. The van der Waals surface area contributed by atoms with E-state index in [1.165, 1.54) is 5.56 Å². The van der Waals surface area contributed by atoms with Crippen LogP contribution in [0.3, 0.4) is 0 Å². The van der Waals surface area contributed by atoms with Gasteiger partial charge in [0.15, 0.2) is 35.7 Å². The number of carboxylic acid groups (broad SMARTS) is 1. The second-order valence-corrected chi connectivity index (χ2v) is 9.33. The van der Waals surface area contributed by atoms with Crippen LogP contribution in [0.25, 0.3) is 22.0 Å². The molecule has 194 valence electrons. The number of carboxylic acids is 1. The number of hydrogen-bond donors (Lipinski definition) is 1. The minimum atomic E-state index is -0.865. The molecule has 6 rings (SSSR count). The van der Waals surface area contributed by atoms with Crippen LogP contribution in [-0.2, 0) is 24.2 Å². The summed E-state index contributed by atoms with van der Waals surface area (Å²) in [5.41, 5.74) is 4.25. The molecule has 4 aromatic rings. The van der Waals surface area contributed by atoms with E-state index >= 15 is 0 Å². The lowest BCUT2D eigenvalue weighted by atomic mass is 9.95. The molecule has 0 fully saturated rings. The molecule has 1 aromatic heterocycles. The Balaban J connectivity index is 1.19. The highest BCUT2D eigenvalue weighted by molar-refractivity contribution is 5.91. The normalized spacial score (nSPS) is 13.1. The summed E-state index contributed by atoms with van der Waals surface area (Å²) in [6, 6.07) is 17.5. The Morgan fingerprint density at radius 1 is 1.03 bits per heavy atom. The molecule has 0 aliphatic carbocycles. The Bertz CT molecular complexity index is 1530. The maximum absolute atomic E-state index is 11.0. The lowest BCUT2D eigenvalue weighted by molar-refractivity contribution is -0.686. The van der Waals surface area contributed by atoms with Gasteiger partial charge in [-0.2, -0.15) is 4.57 Å². The molecule has 38 heavy (non-hydrogen) atoms. The van der Waals surface area contributed by atoms with Gasteiger partial charge in [-0.1, -0.05) is 12.1 Å². The summed E-state index contributed by atoms with van der Waals surface area (Å²) in [4.78, 5) is 11.0. The van der Waals surface area contributed by atoms with E-state index in [1.54, 1.807) is 25.3 Å². The molecule has 0 spiro atoms. The van der Waals surface area contributed by atoms with Gasteiger partial charge in [0.05, 0.1) is 37.7 Å². The molecule has 0 saturated heterocycles. The zero-order valence-electron chi connectivity index (χ0n) is 21.1. The number of carbonyl (C=O) groups is 1. The van der Waals surface area contributed by atoms with Gasteiger partial charge in [0.25, 0.3) is 0 Å². The molecule has 0 saturated carbocycles. The van der Waals surface area contributed by atoms with Crippen LogP contribution in [0.15, 0.2) is 60.8 Å². The largest absolute Gasteiger partial charge is 0.493 e. The van der Waals surface area contributed by atoms with Gasteiger partial charge in [-0.25, -0.2) is 0 Å². The van der Waals surface area contributed by atoms with Crippen LogP contribution in [0.1, 0.15) is 17.5 Å². The van der Waals surface area contributed by atoms with Crippen molar-refractivity contribution in [2.45, 2.75) is 25.8 Å². The van der Waals surface area contributed by atoms with Crippen molar-refractivity contribution in [3.05, 3.63) is 71.9 Å². The summed E-state index contributed by atoms with van der Waals surface area (Å²) in [5.74, 6) is 2.77. The van der Waals surface area contributed by atoms with E-state index in [4.69, 9.17) is 28.8 Å². The molecule has 0 bridgehead atoms. The number of aromatic nitrogens is 1. The zero-order valence-corrected chi connectivity index (χ0v) is 21.1. The van der Waals surface area contributed by atoms with Gasteiger partial charge in [-0.15, -0.1) is 0 Å². The van der Waals surface area contributed by atoms with Crippen LogP contribution < -0.4 is 28.3 Å². The van der Waals surface area contributed by atoms with Crippen LogP contribution in [0.4, 0.5) is 0 Å². The van der Waals surface area contributed by atoms with E-state index in [9.17, 15) is 4.79 Å². The lowest BCUT2D eigenvalue weighted by Crippen LogP contribution is -2.40. The SMILES string of the molecule is COc1ccc2cc3[n+](cc2c1OCCCOc1cccc(CC(=O)O)c1)CCc1cc2c(cc1-3)OCO2. The van der Waals surface area contributed by atoms with E-state index in [1.807, 2.05) is 12.1 Å². The summed E-state index contributed by atoms with van der Waals surface area (Å²) >= 11 is 0. The smallest absolute Gasteiger partial charge is 0.307 e. The lowest BCUT2D eigenvalue weighted by Gasteiger charge is -2.18. The van der Waals surface area contributed by atoms with Crippen LogP contribution in [0.2, 0.25) is 0 Å².